The van der Waals surface area contributed by atoms with Gasteiger partial charge in [0.2, 0.25) is 0 Å². The van der Waals surface area contributed by atoms with E-state index in [1.165, 1.54) is 5.51 Å². The Hall–Kier alpha value is -1.50. The number of esters is 1. The van der Waals surface area contributed by atoms with Gasteiger partial charge in [-0.05, 0) is 0 Å². The van der Waals surface area contributed by atoms with Crippen molar-refractivity contribution in [3.63, 3.8) is 0 Å². The molecular formula is C8H9N3O4S2. The maximum absolute atomic E-state index is 11.8. The first-order valence-electron chi connectivity index (χ1n) is 4.41. The van der Waals surface area contributed by atoms with Crippen LogP contribution in [0.5, 0.6) is 0 Å². The lowest BCUT2D eigenvalue weighted by Crippen LogP contribution is -2.25. The van der Waals surface area contributed by atoms with Crippen LogP contribution in [0.1, 0.15) is 16.9 Å². The molecule has 0 saturated carbocycles. The Morgan fingerprint density at radius 3 is 3.00 bits per heavy atom. The number of thiazole rings is 1. The summed E-state index contributed by atoms with van der Waals surface area (Å²) in [4.78, 5) is 14.9. The topological polar surface area (TPSA) is 109 Å². The normalized spacial score (nSPS) is 10.8. The molecule has 0 bridgehead atoms. The highest BCUT2D eigenvalue weighted by atomic mass is 32.2. The third-order valence-electron chi connectivity index (χ3n) is 1.69. The number of carbonyl (C=O) groups excluding carboxylic acids is 1. The highest BCUT2D eigenvalue weighted by molar-refractivity contribution is 7.91. The minimum absolute atomic E-state index is 0.0165. The van der Waals surface area contributed by atoms with Gasteiger partial charge in [0, 0.05) is 13.0 Å². The average molecular weight is 275 g/mol. The molecular weight excluding hydrogens is 266 g/mol. The number of nitrogens with zero attached hydrogens (tertiary/aromatic N) is 2. The summed E-state index contributed by atoms with van der Waals surface area (Å²) < 4.78 is 29.9. The van der Waals surface area contributed by atoms with Crippen molar-refractivity contribution in [1.82, 2.24) is 9.71 Å². The molecule has 0 aromatic carbocycles. The van der Waals surface area contributed by atoms with Gasteiger partial charge in [0.15, 0.2) is 9.90 Å². The first kappa shape index (κ1) is 13.6. The monoisotopic (exact) mass is 275 g/mol. The molecule has 0 fully saturated rings. The number of ether oxygens (including phenoxy) is 1. The average Bonchev–Trinajstić information content (AvgIpc) is 2.78. The zero-order valence-corrected chi connectivity index (χ0v) is 10.5. The fraction of sp³-hybridized carbons (Fsp3) is 0.375. The van der Waals surface area contributed by atoms with Gasteiger partial charge in [-0.25, -0.2) is 22.9 Å². The van der Waals surface area contributed by atoms with Gasteiger partial charge >= 0.3 is 5.97 Å². The van der Waals surface area contributed by atoms with Crippen LogP contribution in [0.3, 0.4) is 0 Å². The minimum atomic E-state index is -3.82. The lowest BCUT2D eigenvalue weighted by atomic mass is 10.5. The van der Waals surface area contributed by atoms with E-state index in [-0.39, 0.29) is 22.9 Å². The molecule has 0 aliphatic rings. The van der Waals surface area contributed by atoms with Crippen LogP contribution in [0.15, 0.2) is 9.72 Å². The van der Waals surface area contributed by atoms with Crippen molar-refractivity contribution in [2.45, 2.75) is 10.6 Å². The standard InChI is InChI=1S/C8H9N3O4S2/c1-15-7(12)6-8(16-5-10-6)17(13,14)11-4-2-3-9/h5,11H,2,4H2,1H3. The lowest BCUT2D eigenvalue weighted by molar-refractivity contribution is 0.0590. The van der Waals surface area contributed by atoms with Gasteiger partial charge in [0.1, 0.15) is 0 Å². The maximum Gasteiger partial charge on any atom is 0.358 e. The fourth-order valence-electron chi connectivity index (χ4n) is 0.966. The van der Waals surface area contributed by atoms with Crippen LogP contribution in [-0.2, 0) is 14.8 Å². The van der Waals surface area contributed by atoms with Gasteiger partial charge in [0.25, 0.3) is 10.0 Å². The molecule has 0 aliphatic heterocycles. The molecule has 1 N–H and O–H groups in total. The molecule has 7 nitrogen and oxygen atoms in total. The Morgan fingerprint density at radius 1 is 1.71 bits per heavy atom. The first-order chi connectivity index (χ1) is 8.03. The van der Waals surface area contributed by atoms with Gasteiger partial charge in [-0.15, -0.1) is 11.3 Å². The molecule has 0 radical (unpaired) electrons. The minimum Gasteiger partial charge on any atom is -0.464 e. The highest BCUT2D eigenvalue weighted by Gasteiger charge is 2.25. The van der Waals surface area contributed by atoms with Crippen molar-refractivity contribution >= 4 is 27.3 Å². The number of nitrogens with one attached hydrogen (secondary N) is 1. The van der Waals surface area contributed by atoms with E-state index >= 15 is 0 Å². The number of nitriles is 1. The number of hydrogen-bond acceptors (Lipinski definition) is 7. The van der Waals surface area contributed by atoms with E-state index in [1.807, 2.05) is 0 Å². The summed E-state index contributed by atoms with van der Waals surface area (Å²) in [5.41, 5.74) is 0.993. The summed E-state index contributed by atoms with van der Waals surface area (Å²) in [6.45, 7) is -0.0165. The number of aromatic nitrogens is 1. The van der Waals surface area contributed by atoms with E-state index in [0.717, 1.165) is 18.4 Å². The second-order valence-corrected chi connectivity index (χ2v) is 5.60. The molecule has 9 heteroatoms. The molecule has 1 aromatic rings. The highest BCUT2D eigenvalue weighted by Crippen LogP contribution is 2.20. The molecule has 0 unspecified atom stereocenters. The summed E-state index contributed by atoms with van der Waals surface area (Å²) in [6.07, 6.45) is 0.0472. The molecule has 1 aromatic heterocycles. The molecule has 17 heavy (non-hydrogen) atoms. The summed E-state index contributed by atoms with van der Waals surface area (Å²) >= 11 is 0.813. The Bertz CT molecular complexity index is 543. The molecule has 92 valence electrons. The van der Waals surface area contributed by atoms with Gasteiger partial charge in [-0.1, -0.05) is 0 Å². The fourth-order valence-corrected chi connectivity index (χ4v) is 3.17. The van der Waals surface area contributed by atoms with Gasteiger partial charge in [-0.2, -0.15) is 5.26 Å². The maximum atomic E-state index is 11.8. The molecule has 1 rings (SSSR count). The number of methoxy groups -OCH3 is 1. The number of carbonyl (C=O) groups is 1. The SMILES string of the molecule is COC(=O)c1ncsc1S(=O)(=O)NCCC#N. The van der Waals surface area contributed by atoms with E-state index in [9.17, 15) is 13.2 Å². The second kappa shape index (κ2) is 5.72. The Kier molecular flexibility index (Phi) is 4.56. The van der Waals surface area contributed by atoms with Crippen molar-refractivity contribution < 1.29 is 17.9 Å². The molecule has 0 spiro atoms. The van der Waals surface area contributed by atoms with Crippen LogP contribution in [0.25, 0.3) is 0 Å². The Balaban J connectivity index is 2.96. The quantitative estimate of drug-likeness (QED) is 0.604. The van der Waals surface area contributed by atoms with Gasteiger partial charge < -0.3 is 4.74 Å². The number of rotatable bonds is 5. The van der Waals surface area contributed by atoms with Crippen LogP contribution in [0.4, 0.5) is 0 Å². The summed E-state index contributed by atoms with van der Waals surface area (Å²) in [7, 11) is -2.68. The van der Waals surface area contributed by atoms with E-state index in [0.29, 0.717) is 0 Å². The summed E-state index contributed by atoms with van der Waals surface area (Å²) in [6, 6.07) is 1.80. The Morgan fingerprint density at radius 2 is 2.41 bits per heavy atom. The smallest absolute Gasteiger partial charge is 0.358 e. The van der Waals surface area contributed by atoms with Crippen LogP contribution < -0.4 is 4.72 Å². The third-order valence-corrected chi connectivity index (χ3v) is 4.52. The van der Waals surface area contributed by atoms with Crippen molar-refractivity contribution in [2.75, 3.05) is 13.7 Å². The zero-order valence-electron chi connectivity index (χ0n) is 8.84. The Labute approximate surface area is 102 Å². The van der Waals surface area contributed by atoms with Gasteiger partial charge in [-0.3, -0.25) is 0 Å². The number of sulfonamides is 1. The lowest BCUT2D eigenvalue weighted by Gasteiger charge is -2.03. The second-order valence-electron chi connectivity index (χ2n) is 2.79. The molecule has 0 saturated heterocycles. The van der Waals surface area contributed by atoms with Crippen molar-refractivity contribution in [3.05, 3.63) is 11.2 Å². The van der Waals surface area contributed by atoms with Crippen molar-refractivity contribution in [3.8, 4) is 6.07 Å². The summed E-state index contributed by atoms with van der Waals surface area (Å²) in [5.74, 6) is -0.813. The third kappa shape index (κ3) is 3.23. The molecule has 0 amide bonds. The summed E-state index contributed by atoms with van der Waals surface area (Å²) in [5, 5.41) is 8.31. The van der Waals surface area contributed by atoms with Crippen LogP contribution >= 0.6 is 11.3 Å². The zero-order chi connectivity index (χ0) is 12.9. The molecule has 0 aliphatic carbocycles. The predicted molar refractivity (Wildman–Crippen MR) is 58.9 cm³/mol. The van der Waals surface area contributed by atoms with E-state index < -0.39 is 16.0 Å². The van der Waals surface area contributed by atoms with E-state index in [2.05, 4.69) is 14.4 Å². The first-order valence-corrected chi connectivity index (χ1v) is 6.77. The van der Waals surface area contributed by atoms with Crippen LogP contribution in [0.2, 0.25) is 0 Å². The molecule has 1 heterocycles. The van der Waals surface area contributed by atoms with Gasteiger partial charge in [0.05, 0.1) is 18.7 Å². The van der Waals surface area contributed by atoms with Crippen molar-refractivity contribution in [1.29, 1.82) is 5.26 Å². The largest absolute Gasteiger partial charge is 0.464 e. The van der Waals surface area contributed by atoms with Crippen LogP contribution in [-0.4, -0.2) is 33.0 Å². The number of hydrogen-bond donors (Lipinski definition) is 1. The van der Waals surface area contributed by atoms with Crippen molar-refractivity contribution in [2.24, 2.45) is 0 Å². The van der Waals surface area contributed by atoms with E-state index in [4.69, 9.17) is 5.26 Å². The van der Waals surface area contributed by atoms with Crippen LogP contribution in [0, 0.1) is 11.3 Å². The van der Waals surface area contributed by atoms with E-state index in [1.54, 1.807) is 6.07 Å². The predicted octanol–water partition coefficient (Wildman–Crippen LogP) is 0.122. The molecule has 0 atom stereocenters.